The fourth-order valence-corrected chi connectivity index (χ4v) is 4.94. The summed E-state index contributed by atoms with van der Waals surface area (Å²) in [5, 5.41) is 0. The average molecular weight is 458 g/mol. The zero-order valence-corrected chi connectivity index (χ0v) is 19.7. The fraction of sp³-hybridized carbons (Fsp3) is 0.385. The normalized spacial score (nSPS) is 18.0. The third-order valence-corrected chi connectivity index (χ3v) is 6.74. The van der Waals surface area contributed by atoms with Crippen LogP contribution in [0.25, 0.3) is 11.1 Å². The lowest BCUT2D eigenvalue weighted by molar-refractivity contribution is -0.117. The number of hydrogen-bond acceptors (Lipinski definition) is 7. The van der Waals surface area contributed by atoms with Crippen molar-refractivity contribution in [2.24, 2.45) is 0 Å². The van der Waals surface area contributed by atoms with Gasteiger partial charge < -0.3 is 19.3 Å². The number of carbonyl (C=O) groups is 1. The fourth-order valence-electron chi connectivity index (χ4n) is 4.94. The Labute approximate surface area is 198 Å². The van der Waals surface area contributed by atoms with Gasteiger partial charge in [-0.25, -0.2) is 15.0 Å². The van der Waals surface area contributed by atoms with E-state index in [0.29, 0.717) is 25.3 Å². The highest BCUT2D eigenvalue weighted by atomic mass is 16.5. The second-order valence-electron chi connectivity index (χ2n) is 9.60. The SMILES string of the molecule is CN1CCOc2ncc(Cc3ncc4c(n3)C(C)(C)Oc3cc(N5CCCC5=O)ccc3-4)cc21. The van der Waals surface area contributed by atoms with Crippen molar-refractivity contribution >= 4 is 17.3 Å². The van der Waals surface area contributed by atoms with Crippen molar-refractivity contribution in [2.75, 3.05) is 36.5 Å². The molecule has 3 aliphatic rings. The van der Waals surface area contributed by atoms with Crippen molar-refractivity contribution in [1.82, 2.24) is 15.0 Å². The number of nitrogens with zero attached hydrogens (tertiary/aromatic N) is 5. The Hall–Kier alpha value is -3.68. The first kappa shape index (κ1) is 20.9. The van der Waals surface area contributed by atoms with Gasteiger partial charge in [0, 0.05) is 61.7 Å². The summed E-state index contributed by atoms with van der Waals surface area (Å²) < 4.78 is 12.1. The van der Waals surface area contributed by atoms with E-state index in [1.54, 1.807) is 0 Å². The molecule has 0 N–H and O–H groups in total. The highest BCUT2D eigenvalue weighted by Gasteiger charge is 2.35. The Morgan fingerprint density at radius 3 is 2.79 bits per heavy atom. The molecule has 0 bridgehead atoms. The van der Waals surface area contributed by atoms with Gasteiger partial charge in [-0.05, 0) is 44.0 Å². The zero-order chi connectivity index (χ0) is 23.4. The molecule has 1 fully saturated rings. The van der Waals surface area contributed by atoms with Crippen LogP contribution >= 0.6 is 0 Å². The summed E-state index contributed by atoms with van der Waals surface area (Å²) in [7, 11) is 2.05. The summed E-state index contributed by atoms with van der Waals surface area (Å²) in [6.07, 6.45) is 5.79. The number of rotatable bonds is 3. The van der Waals surface area contributed by atoms with Gasteiger partial charge >= 0.3 is 0 Å². The van der Waals surface area contributed by atoms with Gasteiger partial charge in [-0.1, -0.05) is 0 Å². The van der Waals surface area contributed by atoms with E-state index in [9.17, 15) is 4.79 Å². The molecule has 0 unspecified atom stereocenters. The van der Waals surface area contributed by atoms with Crippen LogP contribution in [-0.2, 0) is 16.8 Å². The molecule has 0 aliphatic carbocycles. The highest BCUT2D eigenvalue weighted by Crippen LogP contribution is 2.45. The van der Waals surface area contributed by atoms with Crippen molar-refractivity contribution in [3.63, 3.8) is 0 Å². The number of hydrogen-bond donors (Lipinski definition) is 0. The zero-order valence-electron chi connectivity index (χ0n) is 19.7. The molecule has 34 heavy (non-hydrogen) atoms. The maximum atomic E-state index is 12.2. The van der Waals surface area contributed by atoms with Crippen molar-refractivity contribution in [2.45, 2.75) is 38.7 Å². The topological polar surface area (TPSA) is 80.7 Å². The monoisotopic (exact) mass is 457 g/mol. The predicted molar refractivity (Wildman–Crippen MR) is 129 cm³/mol. The molecule has 8 heteroatoms. The molecule has 0 atom stereocenters. The van der Waals surface area contributed by atoms with E-state index < -0.39 is 5.60 Å². The summed E-state index contributed by atoms with van der Waals surface area (Å²) in [6, 6.07) is 8.06. The second-order valence-corrected chi connectivity index (χ2v) is 9.60. The van der Waals surface area contributed by atoms with E-state index in [-0.39, 0.29) is 5.91 Å². The Morgan fingerprint density at radius 2 is 1.97 bits per heavy atom. The van der Waals surface area contributed by atoms with Crippen LogP contribution in [0.4, 0.5) is 11.4 Å². The maximum Gasteiger partial charge on any atom is 0.237 e. The minimum Gasteiger partial charge on any atom is -0.481 e. The van der Waals surface area contributed by atoms with Crippen LogP contribution < -0.4 is 19.3 Å². The Kier molecular flexibility index (Phi) is 4.72. The van der Waals surface area contributed by atoms with Gasteiger partial charge in [-0.3, -0.25) is 4.79 Å². The van der Waals surface area contributed by atoms with Crippen LogP contribution in [0.1, 0.15) is 43.8 Å². The maximum absolute atomic E-state index is 12.2. The first-order valence-electron chi connectivity index (χ1n) is 11.7. The number of amides is 1. The number of fused-ring (bicyclic) bond motifs is 4. The molecule has 0 saturated carbocycles. The molecule has 5 heterocycles. The standard InChI is InChI=1S/C26H27N5O3/c1-26(2)24-19(18-7-6-17(13-21(18)34-26)31-8-4-5-23(31)32)15-27-22(29-24)12-16-11-20-25(28-14-16)33-10-9-30(20)3/h6-7,11,13-15H,4-5,8-10,12H2,1-3H3. The number of pyridine rings is 1. The van der Waals surface area contributed by atoms with Gasteiger partial charge in [0.1, 0.15) is 29.5 Å². The molecular formula is C26H27N5O3. The number of benzene rings is 1. The number of ether oxygens (including phenoxy) is 2. The second kappa shape index (κ2) is 7.68. The molecule has 3 aliphatic heterocycles. The molecule has 3 aromatic rings. The van der Waals surface area contributed by atoms with Gasteiger partial charge in [0.05, 0.1) is 12.2 Å². The molecule has 1 amide bonds. The lowest BCUT2D eigenvalue weighted by Gasteiger charge is -2.34. The van der Waals surface area contributed by atoms with Crippen molar-refractivity contribution in [1.29, 1.82) is 0 Å². The van der Waals surface area contributed by atoms with E-state index >= 15 is 0 Å². The molecule has 0 radical (unpaired) electrons. The van der Waals surface area contributed by atoms with Crippen LogP contribution in [-0.4, -0.2) is 47.6 Å². The molecule has 1 saturated heterocycles. The summed E-state index contributed by atoms with van der Waals surface area (Å²) in [5.74, 6) is 2.31. The highest BCUT2D eigenvalue weighted by molar-refractivity contribution is 5.96. The van der Waals surface area contributed by atoms with E-state index in [4.69, 9.17) is 19.4 Å². The van der Waals surface area contributed by atoms with Gasteiger partial charge in [0.2, 0.25) is 11.8 Å². The smallest absolute Gasteiger partial charge is 0.237 e. The third-order valence-electron chi connectivity index (χ3n) is 6.74. The Balaban J connectivity index is 1.33. The largest absolute Gasteiger partial charge is 0.481 e. The summed E-state index contributed by atoms with van der Waals surface area (Å²) in [6.45, 7) is 6.28. The van der Waals surface area contributed by atoms with Gasteiger partial charge in [-0.2, -0.15) is 0 Å². The lowest BCUT2D eigenvalue weighted by atomic mass is 9.91. The van der Waals surface area contributed by atoms with Gasteiger partial charge in [0.15, 0.2) is 0 Å². The van der Waals surface area contributed by atoms with Gasteiger partial charge in [0.25, 0.3) is 0 Å². The molecular weight excluding hydrogens is 430 g/mol. The van der Waals surface area contributed by atoms with E-state index in [0.717, 1.165) is 64.8 Å². The quantitative estimate of drug-likeness (QED) is 0.593. The number of aromatic nitrogens is 3. The van der Waals surface area contributed by atoms with Crippen molar-refractivity contribution < 1.29 is 14.3 Å². The predicted octanol–water partition coefficient (Wildman–Crippen LogP) is 3.71. The summed E-state index contributed by atoms with van der Waals surface area (Å²) >= 11 is 0. The first-order chi connectivity index (χ1) is 16.4. The number of carbonyl (C=O) groups excluding carboxylic acids is 1. The molecule has 8 nitrogen and oxygen atoms in total. The molecule has 174 valence electrons. The number of likely N-dealkylation sites (N-methyl/N-ethyl adjacent to an activating group) is 1. The minimum atomic E-state index is -0.629. The van der Waals surface area contributed by atoms with Crippen molar-refractivity contribution in [3.05, 3.63) is 53.7 Å². The molecule has 1 aromatic carbocycles. The molecule has 2 aromatic heterocycles. The minimum absolute atomic E-state index is 0.165. The van der Waals surface area contributed by atoms with E-state index in [1.807, 2.05) is 56.4 Å². The Bertz CT molecular complexity index is 1310. The first-order valence-corrected chi connectivity index (χ1v) is 11.7. The van der Waals surface area contributed by atoms with E-state index in [2.05, 4.69) is 16.0 Å². The van der Waals surface area contributed by atoms with E-state index in [1.165, 1.54) is 0 Å². The summed E-state index contributed by atoms with van der Waals surface area (Å²) in [5.41, 5.74) is 5.05. The third kappa shape index (κ3) is 3.45. The molecule has 6 rings (SSSR count). The Morgan fingerprint density at radius 1 is 1.09 bits per heavy atom. The van der Waals surface area contributed by atoms with Crippen LogP contribution in [0, 0.1) is 0 Å². The van der Waals surface area contributed by atoms with Gasteiger partial charge in [-0.15, -0.1) is 0 Å². The van der Waals surface area contributed by atoms with Crippen LogP contribution in [0.3, 0.4) is 0 Å². The summed E-state index contributed by atoms with van der Waals surface area (Å²) in [4.78, 5) is 30.3. The van der Waals surface area contributed by atoms with Crippen LogP contribution in [0.15, 0.2) is 36.7 Å². The van der Waals surface area contributed by atoms with Crippen molar-refractivity contribution in [3.8, 4) is 22.8 Å². The van der Waals surface area contributed by atoms with Crippen LogP contribution in [0.2, 0.25) is 0 Å². The number of anilines is 2. The van der Waals surface area contributed by atoms with Crippen LogP contribution in [0.5, 0.6) is 11.6 Å². The lowest BCUT2D eigenvalue weighted by Crippen LogP contribution is -2.32. The average Bonchev–Trinajstić information content (AvgIpc) is 3.25. The molecule has 0 spiro atoms.